The summed E-state index contributed by atoms with van der Waals surface area (Å²) in [5.74, 6) is 1.09. The normalized spacial score (nSPS) is 11.1. The van der Waals surface area contributed by atoms with E-state index in [9.17, 15) is 5.11 Å². The Morgan fingerprint density at radius 3 is 2.38 bits per heavy atom. The van der Waals surface area contributed by atoms with E-state index in [2.05, 4.69) is 29.4 Å². The van der Waals surface area contributed by atoms with Crippen molar-refractivity contribution in [3.63, 3.8) is 0 Å². The average molecular weight is 455 g/mol. The number of aromatic nitrogens is 4. The molecule has 0 amide bonds. The lowest BCUT2D eigenvalue weighted by Crippen LogP contribution is -2.06. The lowest BCUT2D eigenvalue weighted by atomic mass is 10.3. The highest BCUT2D eigenvalue weighted by Gasteiger charge is 2.11. The van der Waals surface area contributed by atoms with Crippen LogP contribution in [-0.2, 0) is 0 Å². The maximum absolute atomic E-state index is 9.43. The standard InChI is InChI=1S/C19H20Cl2N4O3S/c1-12(2)29-19-22-23-24-25(19)13-4-6-15(7-5-13)27-8-3-9-28-18-16(20)10-14(26)11-17(18)21/h4-7,10-12,26H,3,8-9H2,1-2H3. The summed E-state index contributed by atoms with van der Waals surface area (Å²) in [6.45, 7) is 5.02. The molecule has 1 N–H and O–H groups in total. The SMILES string of the molecule is CC(C)Sc1nnnn1-c1ccc(OCCCOc2c(Cl)cc(O)cc2Cl)cc1. The number of rotatable bonds is 9. The molecule has 3 rings (SSSR count). The van der Waals surface area contributed by atoms with Gasteiger partial charge in [-0.15, -0.1) is 5.10 Å². The Kier molecular flexibility index (Phi) is 7.46. The van der Waals surface area contributed by atoms with Gasteiger partial charge in [0.25, 0.3) is 0 Å². The van der Waals surface area contributed by atoms with Crippen LogP contribution in [0.5, 0.6) is 17.2 Å². The molecule has 154 valence electrons. The van der Waals surface area contributed by atoms with Gasteiger partial charge in [0, 0.05) is 23.8 Å². The zero-order chi connectivity index (χ0) is 20.8. The molecule has 1 heterocycles. The molecule has 7 nitrogen and oxygen atoms in total. The van der Waals surface area contributed by atoms with Gasteiger partial charge in [-0.05, 0) is 34.7 Å². The van der Waals surface area contributed by atoms with Crippen LogP contribution in [-0.4, -0.2) is 43.8 Å². The number of benzene rings is 2. The van der Waals surface area contributed by atoms with Gasteiger partial charge in [0.15, 0.2) is 5.75 Å². The fourth-order valence-corrected chi connectivity index (χ4v) is 3.75. The number of thioether (sulfide) groups is 1. The molecule has 2 aromatic carbocycles. The molecule has 0 aliphatic heterocycles. The van der Waals surface area contributed by atoms with Crippen LogP contribution in [0, 0.1) is 0 Å². The van der Waals surface area contributed by atoms with E-state index >= 15 is 0 Å². The van der Waals surface area contributed by atoms with E-state index in [0.29, 0.717) is 30.6 Å². The summed E-state index contributed by atoms with van der Waals surface area (Å²) in [4.78, 5) is 0. The summed E-state index contributed by atoms with van der Waals surface area (Å²) in [6, 6.07) is 10.3. The van der Waals surface area contributed by atoms with E-state index in [1.54, 1.807) is 16.4 Å². The number of hydrogen-bond acceptors (Lipinski definition) is 7. The minimum atomic E-state index is -0.00396. The Morgan fingerprint density at radius 2 is 1.72 bits per heavy atom. The molecular weight excluding hydrogens is 435 g/mol. The van der Waals surface area contributed by atoms with Crippen molar-refractivity contribution < 1.29 is 14.6 Å². The lowest BCUT2D eigenvalue weighted by Gasteiger charge is -2.11. The Labute approximate surface area is 182 Å². The largest absolute Gasteiger partial charge is 0.508 e. The van der Waals surface area contributed by atoms with Crippen molar-refractivity contribution in [2.45, 2.75) is 30.7 Å². The molecule has 0 aliphatic rings. The van der Waals surface area contributed by atoms with Crippen LogP contribution in [0.1, 0.15) is 20.3 Å². The predicted molar refractivity (Wildman–Crippen MR) is 114 cm³/mol. The molecule has 1 aromatic heterocycles. The van der Waals surface area contributed by atoms with Crippen molar-refractivity contribution in [1.82, 2.24) is 20.2 Å². The highest BCUT2D eigenvalue weighted by Crippen LogP contribution is 2.36. The molecule has 0 unspecified atom stereocenters. The van der Waals surface area contributed by atoms with Gasteiger partial charge in [0.05, 0.1) is 28.9 Å². The lowest BCUT2D eigenvalue weighted by molar-refractivity contribution is 0.247. The number of tetrazole rings is 1. The Bertz CT molecular complexity index is 928. The van der Waals surface area contributed by atoms with Crippen LogP contribution >= 0.6 is 35.0 Å². The molecule has 0 bridgehead atoms. The van der Waals surface area contributed by atoms with Gasteiger partial charge in [-0.1, -0.05) is 48.8 Å². The van der Waals surface area contributed by atoms with Crippen molar-refractivity contribution in [3.05, 3.63) is 46.4 Å². The number of ether oxygens (including phenoxy) is 2. The number of nitrogens with zero attached hydrogens (tertiary/aromatic N) is 4. The summed E-state index contributed by atoms with van der Waals surface area (Å²) in [7, 11) is 0. The molecule has 29 heavy (non-hydrogen) atoms. The van der Waals surface area contributed by atoms with Gasteiger partial charge < -0.3 is 14.6 Å². The molecule has 0 saturated heterocycles. The van der Waals surface area contributed by atoms with Crippen LogP contribution in [0.25, 0.3) is 5.69 Å². The fourth-order valence-electron chi connectivity index (χ4n) is 2.42. The van der Waals surface area contributed by atoms with Gasteiger partial charge in [-0.3, -0.25) is 0 Å². The van der Waals surface area contributed by atoms with Gasteiger partial charge in [0.2, 0.25) is 5.16 Å². The maximum atomic E-state index is 9.43. The molecule has 0 radical (unpaired) electrons. The van der Waals surface area contributed by atoms with Crippen LogP contribution in [0.15, 0.2) is 41.6 Å². The van der Waals surface area contributed by atoms with Crippen LogP contribution < -0.4 is 9.47 Å². The molecule has 0 fully saturated rings. The van der Waals surface area contributed by atoms with E-state index in [1.165, 1.54) is 12.1 Å². The Hall–Kier alpha value is -2.16. The van der Waals surface area contributed by atoms with Gasteiger partial charge >= 0.3 is 0 Å². The second-order valence-electron chi connectivity index (χ2n) is 6.32. The van der Waals surface area contributed by atoms with Crippen molar-refractivity contribution >= 4 is 35.0 Å². The van der Waals surface area contributed by atoms with Crippen molar-refractivity contribution in [2.24, 2.45) is 0 Å². The van der Waals surface area contributed by atoms with Gasteiger partial charge in [-0.25, -0.2) is 0 Å². The van der Waals surface area contributed by atoms with E-state index in [4.69, 9.17) is 32.7 Å². The molecule has 0 aliphatic carbocycles. The number of hydrogen-bond donors (Lipinski definition) is 1. The molecule has 0 saturated carbocycles. The monoisotopic (exact) mass is 454 g/mol. The van der Waals surface area contributed by atoms with Crippen molar-refractivity contribution in [2.75, 3.05) is 13.2 Å². The first-order valence-corrected chi connectivity index (χ1v) is 10.6. The summed E-state index contributed by atoms with van der Waals surface area (Å²) < 4.78 is 13.0. The summed E-state index contributed by atoms with van der Waals surface area (Å²) in [6.07, 6.45) is 0.636. The molecule has 0 atom stereocenters. The molecule has 3 aromatic rings. The Morgan fingerprint density at radius 1 is 1.07 bits per heavy atom. The number of phenols is 1. The Balaban J connectivity index is 1.48. The minimum absolute atomic E-state index is 0.00396. The third-order valence-corrected chi connectivity index (χ3v) is 5.15. The first kappa shape index (κ1) is 21.5. The highest BCUT2D eigenvalue weighted by atomic mass is 35.5. The van der Waals surface area contributed by atoms with Crippen molar-refractivity contribution in [1.29, 1.82) is 0 Å². The maximum Gasteiger partial charge on any atom is 0.214 e. The predicted octanol–water partition coefficient (Wildman–Crippen LogP) is 5.02. The third kappa shape index (κ3) is 5.91. The summed E-state index contributed by atoms with van der Waals surface area (Å²) in [5, 5.41) is 22.9. The highest BCUT2D eigenvalue weighted by molar-refractivity contribution is 7.99. The first-order chi connectivity index (χ1) is 13.9. The first-order valence-electron chi connectivity index (χ1n) is 8.93. The second-order valence-corrected chi connectivity index (χ2v) is 8.68. The molecular formula is C19H20Cl2N4O3S. The van der Waals surface area contributed by atoms with Gasteiger partial charge in [-0.2, -0.15) is 4.68 Å². The van der Waals surface area contributed by atoms with Crippen LogP contribution in [0.4, 0.5) is 0 Å². The van der Waals surface area contributed by atoms with E-state index in [1.807, 2.05) is 24.3 Å². The van der Waals surface area contributed by atoms with Crippen LogP contribution in [0.2, 0.25) is 10.0 Å². The smallest absolute Gasteiger partial charge is 0.214 e. The zero-order valence-electron chi connectivity index (χ0n) is 15.9. The zero-order valence-corrected chi connectivity index (χ0v) is 18.2. The van der Waals surface area contributed by atoms with Crippen LogP contribution in [0.3, 0.4) is 0 Å². The number of halogens is 2. The van der Waals surface area contributed by atoms with E-state index < -0.39 is 0 Å². The topological polar surface area (TPSA) is 82.3 Å². The van der Waals surface area contributed by atoms with E-state index in [0.717, 1.165) is 16.6 Å². The average Bonchev–Trinajstić information content (AvgIpc) is 3.11. The molecule has 10 heteroatoms. The number of aromatic hydroxyl groups is 1. The summed E-state index contributed by atoms with van der Waals surface area (Å²) >= 11 is 13.6. The van der Waals surface area contributed by atoms with Gasteiger partial charge in [0.1, 0.15) is 11.5 Å². The molecule has 0 spiro atoms. The quantitative estimate of drug-likeness (QED) is 0.358. The van der Waals surface area contributed by atoms with E-state index in [-0.39, 0.29) is 15.8 Å². The number of phenolic OH excluding ortho intramolecular Hbond substituents is 1. The minimum Gasteiger partial charge on any atom is -0.508 e. The van der Waals surface area contributed by atoms with Crippen molar-refractivity contribution in [3.8, 4) is 22.9 Å². The third-order valence-electron chi connectivity index (χ3n) is 3.65. The second kappa shape index (κ2) is 10.0. The fraction of sp³-hybridized carbons (Fsp3) is 0.316. The summed E-state index contributed by atoms with van der Waals surface area (Å²) in [5.41, 5.74) is 0.866.